The van der Waals surface area contributed by atoms with Gasteiger partial charge in [0.1, 0.15) is 5.58 Å². The molecule has 0 saturated carbocycles. The lowest BCUT2D eigenvalue weighted by molar-refractivity contribution is 0.0226. The number of fused-ring (bicyclic) bond motifs is 1. The van der Waals surface area contributed by atoms with Crippen molar-refractivity contribution in [3.8, 4) is 0 Å². The predicted molar refractivity (Wildman–Crippen MR) is 124 cm³/mol. The van der Waals surface area contributed by atoms with Crippen molar-refractivity contribution in [3.05, 3.63) is 81.2 Å². The maximum Gasteiger partial charge on any atom is 0.336 e. The average molecular weight is 421 g/mol. The van der Waals surface area contributed by atoms with Crippen molar-refractivity contribution in [3.63, 3.8) is 0 Å². The molecule has 0 bridgehead atoms. The molecule has 2 heterocycles. The molecule has 0 N–H and O–H groups in total. The molecule has 5 heteroatoms. The van der Waals surface area contributed by atoms with Gasteiger partial charge in [0.05, 0.1) is 13.2 Å². The molecule has 3 aromatic rings. The van der Waals surface area contributed by atoms with Gasteiger partial charge in [0.25, 0.3) is 0 Å². The highest BCUT2D eigenvalue weighted by atomic mass is 16.5. The highest BCUT2D eigenvalue weighted by molar-refractivity contribution is 5.83. The van der Waals surface area contributed by atoms with Crippen LogP contribution in [0, 0.1) is 13.8 Å². The molecular formula is C26H32N2O3. The van der Waals surface area contributed by atoms with Crippen LogP contribution in [0.25, 0.3) is 11.0 Å². The van der Waals surface area contributed by atoms with Crippen molar-refractivity contribution in [2.75, 3.05) is 32.8 Å². The summed E-state index contributed by atoms with van der Waals surface area (Å²) in [5, 5.41) is 1.03. The molecule has 164 valence electrons. The van der Waals surface area contributed by atoms with Gasteiger partial charge in [-0.05, 0) is 43.0 Å². The molecule has 0 aliphatic carbocycles. The van der Waals surface area contributed by atoms with E-state index >= 15 is 0 Å². The van der Waals surface area contributed by atoms with Gasteiger partial charge in [0, 0.05) is 50.2 Å². The summed E-state index contributed by atoms with van der Waals surface area (Å²) in [5.74, 6) is 0. The van der Waals surface area contributed by atoms with E-state index in [1.165, 1.54) is 5.56 Å². The Morgan fingerprint density at radius 1 is 1.03 bits per heavy atom. The van der Waals surface area contributed by atoms with Gasteiger partial charge in [0.15, 0.2) is 0 Å². The van der Waals surface area contributed by atoms with Crippen molar-refractivity contribution >= 4 is 11.0 Å². The molecule has 0 radical (unpaired) electrons. The summed E-state index contributed by atoms with van der Waals surface area (Å²) in [5.41, 5.74) is 4.90. The number of nitrogens with zero attached hydrogens (tertiary/aromatic N) is 2. The van der Waals surface area contributed by atoms with Crippen molar-refractivity contribution in [1.82, 2.24) is 9.80 Å². The van der Waals surface area contributed by atoms with Gasteiger partial charge in [-0.25, -0.2) is 4.79 Å². The predicted octanol–water partition coefficient (Wildman–Crippen LogP) is 4.13. The van der Waals surface area contributed by atoms with Crippen LogP contribution in [0.5, 0.6) is 0 Å². The minimum absolute atomic E-state index is 0.281. The van der Waals surface area contributed by atoms with Gasteiger partial charge in [-0.2, -0.15) is 0 Å². The number of rotatable bonds is 7. The van der Waals surface area contributed by atoms with Crippen LogP contribution in [0.4, 0.5) is 0 Å². The first kappa shape index (κ1) is 21.8. The van der Waals surface area contributed by atoms with E-state index in [1.54, 1.807) is 6.07 Å². The number of ether oxygens (including phenoxy) is 1. The lowest BCUT2D eigenvalue weighted by atomic mass is 10.0. The van der Waals surface area contributed by atoms with E-state index in [0.717, 1.165) is 61.5 Å². The fourth-order valence-corrected chi connectivity index (χ4v) is 4.33. The third kappa shape index (κ3) is 5.24. The summed E-state index contributed by atoms with van der Waals surface area (Å²) in [6.07, 6.45) is 0. The van der Waals surface area contributed by atoms with Gasteiger partial charge in [-0.15, -0.1) is 0 Å². The number of benzene rings is 2. The average Bonchev–Trinajstić information content (AvgIpc) is 2.77. The second-order valence-corrected chi connectivity index (χ2v) is 8.63. The Morgan fingerprint density at radius 3 is 2.52 bits per heavy atom. The number of hydrogen-bond donors (Lipinski definition) is 0. The van der Waals surface area contributed by atoms with Crippen LogP contribution in [0.2, 0.25) is 0 Å². The number of hydrogen-bond acceptors (Lipinski definition) is 5. The first-order valence-corrected chi connectivity index (χ1v) is 11.1. The Labute approximate surface area is 184 Å². The molecule has 1 unspecified atom stereocenters. The van der Waals surface area contributed by atoms with Crippen LogP contribution < -0.4 is 5.63 Å². The van der Waals surface area contributed by atoms with E-state index in [1.807, 2.05) is 19.9 Å². The van der Waals surface area contributed by atoms with Crippen molar-refractivity contribution in [2.24, 2.45) is 0 Å². The Kier molecular flexibility index (Phi) is 6.86. The fourth-order valence-electron chi connectivity index (χ4n) is 4.33. The first-order valence-electron chi connectivity index (χ1n) is 11.1. The normalized spacial score (nSPS) is 16.1. The van der Waals surface area contributed by atoms with E-state index in [2.05, 4.69) is 53.1 Å². The molecule has 2 aromatic carbocycles. The first-order chi connectivity index (χ1) is 15.0. The molecule has 1 saturated heterocycles. The molecule has 1 fully saturated rings. The topological polar surface area (TPSA) is 45.9 Å². The quantitative estimate of drug-likeness (QED) is 0.538. The summed E-state index contributed by atoms with van der Waals surface area (Å²) < 4.78 is 11.1. The van der Waals surface area contributed by atoms with Crippen molar-refractivity contribution < 1.29 is 9.15 Å². The SMILES string of the molecule is Cc1ccc2c(CN(Cc3ccccc3)C(C)CN3CCOCC3)cc(=O)oc2c1C. The standard InChI is InChI=1S/C26H32N2O3/c1-19-9-10-24-23(15-25(29)31-26(24)21(19)3)18-28(17-22-7-5-4-6-8-22)20(2)16-27-11-13-30-14-12-27/h4-10,15,20H,11-14,16-18H2,1-3H3. The smallest absolute Gasteiger partial charge is 0.336 e. The molecule has 1 aromatic heterocycles. The highest BCUT2D eigenvalue weighted by Crippen LogP contribution is 2.25. The summed E-state index contributed by atoms with van der Waals surface area (Å²) in [6.45, 7) is 12.4. The van der Waals surface area contributed by atoms with E-state index in [-0.39, 0.29) is 5.63 Å². The van der Waals surface area contributed by atoms with Crippen molar-refractivity contribution in [1.29, 1.82) is 0 Å². The third-order valence-electron chi connectivity index (χ3n) is 6.37. The van der Waals surface area contributed by atoms with E-state index in [4.69, 9.17) is 9.15 Å². The van der Waals surface area contributed by atoms with Crippen LogP contribution >= 0.6 is 0 Å². The summed E-state index contributed by atoms with van der Waals surface area (Å²) in [7, 11) is 0. The zero-order valence-electron chi connectivity index (χ0n) is 18.8. The van der Waals surface area contributed by atoms with E-state index in [0.29, 0.717) is 18.2 Å². The van der Waals surface area contributed by atoms with Crippen LogP contribution in [-0.2, 0) is 17.8 Å². The van der Waals surface area contributed by atoms with Gasteiger partial charge < -0.3 is 9.15 Å². The van der Waals surface area contributed by atoms with Gasteiger partial charge in [-0.1, -0.05) is 42.5 Å². The van der Waals surface area contributed by atoms with Gasteiger partial charge in [0.2, 0.25) is 0 Å². The molecule has 4 rings (SSSR count). The largest absolute Gasteiger partial charge is 0.422 e. The zero-order chi connectivity index (χ0) is 21.8. The lowest BCUT2D eigenvalue weighted by Gasteiger charge is -2.35. The zero-order valence-corrected chi connectivity index (χ0v) is 18.8. The van der Waals surface area contributed by atoms with E-state index < -0.39 is 0 Å². The summed E-state index contributed by atoms with van der Waals surface area (Å²) in [4.78, 5) is 17.3. The number of aryl methyl sites for hydroxylation is 2. The summed E-state index contributed by atoms with van der Waals surface area (Å²) >= 11 is 0. The highest BCUT2D eigenvalue weighted by Gasteiger charge is 2.21. The Bertz CT molecular complexity index is 1070. The van der Waals surface area contributed by atoms with Crippen LogP contribution in [0.1, 0.15) is 29.2 Å². The van der Waals surface area contributed by atoms with Crippen LogP contribution in [-0.4, -0.2) is 48.7 Å². The molecule has 5 nitrogen and oxygen atoms in total. The molecular weight excluding hydrogens is 388 g/mol. The monoisotopic (exact) mass is 420 g/mol. The van der Waals surface area contributed by atoms with Crippen LogP contribution in [0.15, 0.2) is 57.7 Å². The minimum atomic E-state index is -0.281. The van der Waals surface area contributed by atoms with E-state index in [9.17, 15) is 4.79 Å². The molecule has 31 heavy (non-hydrogen) atoms. The molecule has 0 amide bonds. The second kappa shape index (κ2) is 9.77. The Hall–Kier alpha value is -2.47. The third-order valence-corrected chi connectivity index (χ3v) is 6.37. The van der Waals surface area contributed by atoms with Gasteiger partial charge in [-0.3, -0.25) is 9.80 Å². The van der Waals surface area contributed by atoms with Crippen LogP contribution in [0.3, 0.4) is 0 Å². The lowest BCUT2D eigenvalue weighted by Crippen LogP contribution is -2.45. The molecule has 1 atom stereocenters. The second-order valence-electron chi connectivity index (χ2n) is 8.63. The maximum absolute atomic E-state index is 12.4. The Morgan fingerprint density at radius 2 is 1.77 bits per heavy atom. The van der Waals surface area contributed by atoms with Gasteiger partial charge >= 0.3 is 5.63 Å². The molecule has 1 aliphatic rings. The molecule has 1 aliphatic heterocycles. The maximum atomic E-state index is 12.4. The van der Waals surface area contributed by atoms with Crippen molar-refractivity contribution in [2.45, 2.75) is 39.9 Å². The number of morpholine rings is 1. The fraction of sp³-hybridized carbons (Fsp3) is 0.423. The Balaban J connectivity index is 1.65. The molecule has 0 spiro atoms. The summed E-state index contributed by atoms with van der Waals surface area (Å²) in [6, 6.07) is 16.7. The minimum Gasteiger partial charge on any atom is -0.422 e.